The fraction of sp³-hybridized carbons (Fsp3) is 0.200. The van der Waals surface area contributed by atoms with E-state index in [-0.39, 0.29) is 11.9 Å². The van der Waals surface area contributed by atoms with E-state index in [0.29, 0.717) is 22.8 Å². The first-order valence-corrected chi connectivity index (χ1v) is 10.6. The molecule has 0 spiro atoms. The first-order valence-electron chi connectivity index (χ1n) is 10.2. The molecule has 0 unspecified atom stereocenters. The van der Waals surface area contributed by atoms with Crippen LogP contribution in [-0.4, -0.2) is 28.8 Å². The van der Waals surface area contributed by atoms with E-state index in [1.54, 1.807) is 24.1 Å². The van der Waals surface area contributed by atoms with Gasteiger partial charge in [-0.15, -0.1) is 0 Å². The third kappa shape index (κ3) is 3.06. The number of benzene rings is 3. The van der Waals surface area contributed by atoms with Gasteiger partial charge in [0.15, 0.2) is 10.8 Å². The zero-order chi connectivity index (χ0) is 21.6. The monoisotopic (exact) mass is 430 g/mol. The number of para-hydroxylation sites is 3. The average Bonchev–Trinajstić information content (AvgIpc) is 2.79. The summed E-state index contributed by atoms with van der Waals surface area (Å²) in [5.41, 5.74) is 1.60. The zero-order valence-corrected chi connectivity index (χ0v) is 18.1. The van der Waals surface area contributed by atoms with E-state index >= 15 is 0 Å². The molecule has 2 bridgehead atoms. The Hall–Kier alpha value is -3.38. The highest BCUT2D eigenvalue weighted by Crippen LogP contribution is 2.49. The van der Waals surface area contributed by atoms with Crippen molar-refractivity contribution in [3.63, 3.8) is 0 Å². The molecule has 156 valence electrons. The minimum atomic E-state index is -0.713. The SMILES string of the molecule is COc1ccccc1C(=O)N1C(=S)N(c2ccccc2)[C@]2(C)C[C@H]1c1ccccc1O2. The third-order valence-electron chi connectivity index (χ3n) is 5.93. The summed E-state index contributed by atoms with van der Waals surface area (Å²) in [5, 5.41) is 0.412. The van der Waals surface area contributed by atoms with Gasteiger partial charge in [-0.3, -0.25) is 14.6 Å². The van der Waals surface area contributed by atoms with Crippen LogP contribution in [-0.2, 0) is 0 Å². The van der Waals surface area contributed by atoms with Crippen LogP contribution in [0.5, 0.6) is 11.5 Å². The molecule has 5 nitrogen and oxygen atoms in total. The van der Waals surface area contributed by atoms with E-state index in [1.807, 2.05) is 78.6 Å². The smallest absolute Gasteiger partial charge is 0.264 e. The van der Waals surface area contributed by atoms with E-state index in [0.717, 1.165) is 17.0 Å². The maximum absolute atomic E-state index is 13.9. The molecule has 6 heteroatoms. The van der Waals surface area contributed by atoms with Crippen molar-refractivity contribution >= 4 is 28.9 Å². The number of ether oxygens (including phenoxy) is 2. The molecule has 0 saturated carbocycles. The number of rotatable bonds is 3. The van der Waals surface area contributed by atoms with Gasteiger partial charge in [0.1, 0.15) is 11.5 Å². The Balaban J connectivity index is 1.69. The number of anilines is 1. The summed E-state index contributed by atoms with van der Waals surface area (Å²) in [6, 6.07) is 24.7. The van der Waals surface area contributed by atoms with Crippen LogP contribution in [0.2, 0.25) is 0 Å². The molecule has 31 heavy (non-hydrogen) atoms. The summed E-state index contributed by atoms with van der Waals surface area (Å²) in [4.78, 5) is 17.5. The van der Waals surface area contributed by atoms with Crippen LogP contribution in [0.15, 0.2) is 78.9 Å². The Kier molecular flexibility index (Phi) is 4.67. The molecule has 2 aliphatic rings. The number of thiocarbonyl (C=S) groups is 1. The largest absolute Gasteiger partial charge is 0.496 e. The van der Waals surface area contributed by atoms with Crippen LogP contribution < -0.4 is 14.4 Å². The van der Waals surface area contributed by atoms with Crippen molar-refractivity contribution in [1.82, 2.24) is 4.90 Å². The topological polar surface area (TPSA) is 42.0 Å². The lowest BCUT2D eigenvalue weighted by molar-refractivity contribution is 0.0183. The number of carbonyl (C=O) groups is 1. The second-order valence-corrected chi connectivity index (χ2v) is 8.23. The van der Waals surface area contributed by atoms with E-state index in [2.05, 4.69) is 0 Å². The van der Waals surface area contributed by atoms with Crippen molar-refractivity contribution in [2.75, 3.05) is 12.0 Å². The average molecular weight is 431 g/mol. The van der Waals surface area contributed by atoms with E-state index < -0.39 is 5.72 Å². The standard InChI is InChI=1S/C25H22N2O3S/c1-25-16-20(18-12-6-9-15-22(18)30-25)26(23(28)19-13-7-8-14-21(19)29-2)24(31)27(25)17-10-4-3-5-11-17/h3-15,20H,16H2,1-2H3/t20-,25-/m0/s1. The Morgan fingerprint density at radius 1 is 1.03 bits per heavy atom. The summed E-state index contributed by atoms with van der Waals surface area (Å²) >= 11 is 5.95. The van der Waals surface area contributed by atoms with E-state index in [4.69, 9.17) is 21.7 Å². The zero-order valence-electron chi connectivity index (χ0n) is 17.3. The van der Waals surface area contributed by atoms with Crippen molar-refractivity contribution in [2.24, 2.45) is 0 Å². The van der Waals surface area contributed by atoms with Crippen molar-refractivity contribution in [1.29, 1.82) is 0 Å². The Labute approximate surface area is 186 Å². The summed E-state index contributed by atoms with van der Waals surface area (Å²) in [7, 11) is 1.57. The molecule has 0 aliphatic carbocycles. The van der Waals surface area contributed by atoms with Crippen LogP contribution in [0.1, 0.15) is 35.3 Å². The summed E-state index contributed by atoms with van der Waals surface area (Å²) < 4.78 is 12.0. The minimum absolute atomic E-state index is 0.188. The van der Waals surface area contributed by atoms with Gasteiger partial charge in [0.05, 0.1) is 18.7 Å². The highest BCUT2D eigenvalue weighted by Gasteiger charge is 2.53. The van der Waals surface area contributed by atoms with E-state index in [9.17, 15) is 4.79 Å². The van der Waals surface area contributed by atoms with Crippen LogP contribution in [0, 0.1) is 0 Å². The van der Waals surface area contributed by atoms with Crippen molar-refractivity contribution in [2.45, 2.75) is 25.1 Å². The lowest BCUT2D eigenvalue weighted by atomic mass is 9.88. The minimum Gasteiger partial charge on any atom is -0.496 e. The van der Waals surface area contributed by atoms with Crippen LogP contribution >= 0.6 is 12.2 Å². The summed E-state index contributed by atoms with van der Waals surface area (Å²) in [6.07, 6.45) is 0.583. The van der Waals surface area contributed by atoms with Gasteiger partial charge in [-0.05, 0) is 49.5 Å². The molecule has 1 amide bonds. The number of carbonyl (C=O) groups excluding carboxylic acids is 1. The number of amides is 1. The van der Waals surface area contributed by atoms with Crippen molar-refractivity contribution in [3.8, 4) is 11.5 Å². The van der Waals surface area contributed by atoms with Crippen LogP contribution in [0.3, 0.4) is 0 Å². The Bertz CT molecular complexity index is 1170. The fourth-order valence-electron chi connectivity index (χ4n) is 4.55. The number of nitrogens with zero attached hydrogens (tertiary/aromatic N) is 2. The highest BCUT2D eigenvalue weighted by molar-refractivity contribution is 7.80. The normalized spacial score (nSPS) is 21.9. The summed E-state index contributed by atoms with van der Waals surface area (Å²) in [6.45, 7) is 2.03. The molecule has 0 radical (unpaired) electrons. The maximum atomic E-state index is 13.9. The highest BCUT2D eigenvalue weighted by atomic mass is 32.1. The van der Waals surface area contributed by atoms with Crippen LogP contribution in [0.25, 0.3) is 0 Å². The molecule has 1 saturated heterocycles. The van der Waals surface area contributed by atoms with Gasteiger partial charge in [0, 0.05) is 17.7 Å². The lowest BCUT2D eigenvalue weighted by Gasteiger charge is -2.55. The van der Waals surface area contributed by atoms with Gasteiger partial charge >= 0.3 is 0 Å². The van der Waals surface area contributed by atoms with E-state index in [1.165, 1.54) is 0 Å². The second-order valence-electron chi connectivity index (χ2n) is 7.86. The molecule has 0 N–H and O–H groups in total. The molecule has 2 aliphatic heterocycles. The Morgan fingerprint density at radius 3 is 2.48 bits per heavy atom. The van der Waals surface area contributed by atoms with Gasteiger partial charge < -0.3 is 9.47 Å². The summed E-state index contributed by atoms with van der Waals surface area (Å²) in [5.74, 6) is 1.10. The van der Waals surface area contributed by atoms with Crippen LogP contribution in [0.4, 0.5) is 5.69 Å². The number of fused-ring (bicyclic) bond motifs is 4. The molecule has 2 heterocycles. The molecule has 2 atom stereocenters. The maximum Gasteiger partial charge on any atom is 0.264 e. The molecule has 0 aromatic heterocycles. The van der Waals surface area contributed by atoms with Crippen molar-refractivity contribution in [3.05, 3.63) is 90.0 Å². The van der Waals surface area contributed by atoms with Gasteiger partial charge in [0.25, 0.3) is 5.91 Å². The van der Waals surface area contributed by atoms with Gasteiger partial charge in [0.2, 0.25) is 0 Å². The number of hydrogen-bond acceptors (Lipinski definition) is 4. The molecule has 3 aromatic rings. The predicted octanol–water partition coefficient (Wildman–Crippen LogP) is 5.18. The first kappa shape index (κ1) is 19.6. The molecular weight excluding hydrogens is 408 g/mol. The fourth-order valence-corrected chi connectivity index (χ4v) is 5.06. The number of methoxy groups -OCH3 is 1. The molecular formula is C25H22N2O3S. The van der Waals surface area contributed by atoms with Gasteiger partial charge in [-0.25, -0.2) is 0 Å². The lowest BCUT2D eigenvalue weighted by Crippen LogP contribution is -2.67. The quantitative estimate of drug-likeness (QED) is 0.536. The third-order valence-corrected chi connectivity index (χ3v) is 6.31. The van der Waals surface area contributed by atoms with Gasteiger partial charge in [-0.1, -0.05) is 48.5 Å². The molecule has 1 fully saturated rings. The second kappa shape index (κ2) is 7.39. The first-order chi connectivity index (χ1) is 15.0. The van der Waals surface area contributed by atoms with Crippen molar-refractivity contribution < 1.29 is 14.3 Å². The number of hydrogen-bond donors (Lipinski definition) is 0. The molecule has 3 aromatic carbocycles. The van der Waals surface area contributed by atoms with Gasteiger partial charge in [-0.2, -0.15) is 0 Å². The predicted molar refractivity (Wildman–Crippen MR) is 124 cm³/mol. The molecule has 5 rings (SSSR count). The Morgan fingerprint density at radius 2 is 1.71 bits per heavy atom.